The molecule has 4 N–H and O–H groups in total. The molecular weight excluding hydrogens is 1230 g/mol. The van der Waals surface area contributed by atoms with Crippen molar-refractivity contribution in [3.05, 3.63) is 193 Å². The van der Waals surface area contributed by atoms with Crippen molar-refractivity contribution in [1.82, 2.24) is 34.9 Å². The molecule has 2 aliphatic heterocycles. The Labute approximate surface area is 520 Å². The highest BCUT2D eigenvalue weighted by Gasteiger charge is 2.37. The van der Waals surface area contributed by atoms with Gasteiger partial charge < -0.3 is 30.1 Å². The number of carboxylic acids is 1. The molecule has 0 saturated heterocycles. The number of amides is 8. The summed E-state index contributed by atoms with van der Waals surface area (Å²) in [4.78, 5) is 111. The first-order chi connectivity index (χ1) is 40.4. The van der Waals surface area contributed by atoms with Crippen molar-refractivity contribution in [1.29, 1.82) is 0 Å². The van der Waals surface area contributed by atoms with Gasteiger partial charge in [-0.3, -0.25) is 39.1 Å². The number of fused-ring (bicyclic) bond motifs is 2. The second-order valence-electron chi connectivity index (χ2n) is 19.3. The second-order valence-corrected chi connectivity index (χ2v) is 20.0. The lowest BCUT2D eigenvalue weighted by Gasteiger charge is -2.28. The second kappa shape index (κ2) is 33.1. The number of hydrogen-bond acceptors (Lipinski definition) is 12. The summed E-state index contributed by atoms with van der Waals surface area (Å²) in [6.07, 6.45) is -2.15. The monoisotopic (exact) mass is 1290 g/mol. The Morgan fingerprint density at radius 2 is 1.17 bits per heavy atom. The molecule has 8 amide bonds. The van der Waals surface area contributed by atoms with Gasteiger partial charge in [-0.15, -0.1) is 0 Å². The van der Waals surface area contributed by atoms with Gasteiger partial charge in [0.15, 0.2) is 0 Å². The van der Waals surface area contributed by atoms with Gasteiger partial charge in [0.25, 0.3) is 23.6 Å². The first kappa shape index (κ1) is 71.3. The van der Waals surface area contributed by atoms with Crippen LogP contribution in [0.2, 0.25) is 10.0 Å². The predicted molar refractivity (Wildman–Crippen MR) is 322 cm³/mol. The number of alkyl halides is 3. The van der Waals surface area contributed by atoms with E-state index in [1.165, 1.54) is 65.3 Å². The standard InChI is InChI=1S/C30H27ClF4N4O5.C22H23ClFN3O4.C7H7NO2.2H2S/c1-38(25(40)14-11-18-6-4-10-23(32)26(18)31)20(7-5-15-39-27(41)21-8-2-3-9-22(21)28(39)42)17-44-29(43)37-24-13-12-19(16-36-24)30(33,34)35;1-26(22(31)25-12-14-6-4-10-18(24)19(14)23)15(13-28)7-5-11-27-20(29)16-8-2-3-9-17(16)21(27)30;1-5-2-3-6(7(9)10)8-4-5;;/h2-4,6,8-10,12-13,16,20H,5,7,11,14-15,17H2,1H3,(H,36,37,43);2-4,6,8-10,15,28H,5,7,11-13H2,1H3,(H,25,31);2-4H,1H3,(H,9,10);2*1H2/t20-;15-;;;/m00.../s1. The number of nitrogens with one attached hydrogen (secondary N) is 2. The minimum absolute atomic E-state index is 0. The first-order valence-electron chi connectivity index (χ1n) is 26.2. The van der Waals surface area contributed by atoms with E-state index in [0.717, 1.165) is 22.6 Å². The molecule has 8 rings (SSSR count). The molecule has 0 bridgehead atoms. The minimum Gasteiger partial charge on any atom is -0.477 e. The molecule has 0 unspecified atom stereocenters. The van der Waals surface area contributed by atoms with Crippen LogP contribution in [0.4, 0.5) is 37.4 Å². The average Bonchev–Trinajstić information content (AvgIpc) is 1.98. The highest BCUT2D eigenvalue weighted by Crippen LogP contribution is 2.30. The number of imide groups is 2. The Kier molecular flexibility index (Phi) is 27.1. The number of carboxylic acid groups (broad SMARTS) is 1. The largest absolute Gasteiger partial charge is 0.477 e. The van der Waals surface area contributed by atoms with E-state index >= 15 is 0 Å². The van der Waals surface area contributed by atoms with Crippen LogP contribution < -0.4 is 10.6 Å². The number of pyridine rings is 2. The number of likely N-dealkylation sites (N-methyl/N-ethyl adjacent to an activating group) is 2. The molecule has 0 fully saturated rings. The van der Waals surface area contributed by atoms with Gasteiger partial charge >= 0.3 is 24.3 Å². The molecule has 28 heteroatoms. The van der Waals surface area contributed by atoms with Crippen LogP contribution >= 0.6 is 50.2 Å². The summed E-state index contributed by atoms with van der Waals surface area (Å²) in [5.41, 5.74) is 2.32. The fraction of sp³-hybridized carbons (Fsp3) is 0.288. The van der Waals surface area contributed by atoms with Crippen molar-refractivity contribution in [2.45, 2.75) is 70.3 Å². The highest BCUT2D eigenvalue weighted by molar-refractivity contribution is 7.59. The van der Waals surface area contributed by atoms with Crippen LogP contribution in [0.15, 0.2) is 122 Å². The highest BCUT2D eigenvalue weighted by atomic mass is 35.5. The number of aliphatic hydroxyl groups excluding tert-OH is 1. The lowest BCUT2D eigenvalue weighted by Crippen LogP contribution is -2.45. The zero-order valence-electron chi connectivity index (χ0n) is 46.9. The van der Waals surface area contributed by atoms with E-state index < -0.39 is 65.4 Å². The van der Waals surface area contributed by atoms with Crippen LogP contribution in [0.3, 0.4) is 0 Å². The third-order valence-corrected chi connectivity index (χ3v) is 14.4. The molecule has 4 aromatic carbocycles. The number of aromatic nitrogens is 2. The van der Waals surface area contributed by atoms with Gasteiger partial charge in [-0.2, -0.15) is 40.2 Å². The third-order valence-electron chi connectivity index (χ3n) is 13.6. The number of halogens is 7. The van der Waals surface area contributed by atoms with Crippen LogP contribution in [0.1, 0.15) is 106 Å². The number of rotatable bonds is 20. The van der Waals surface area contributed by atoms with Gasteiger partial charge in [0.2, 0.25) is 5.91 Å². The zero-order chi connectivity index (χ0) is 62.1. The predicted octanol–water partition coefficient (Wildman–Crippen LogP) is 10.3. The van der Waals surface area contributed by atoms with Crippen molar-refractivity contribution in [3.63, 3.8) is 0 Å². The number of benzene rings is 4. The Bertz CT molecular complexity index is 3360. The smallest absolute Gasteiger partial charge is 0.417 e. The van der Waals surface area contributed by atoms with E-state index in [1.54, 1.807) is 66.7 Å². The van der Waals surface area contributed by atoms with Crippen molar-refractivity contribution >= 4 is 104 Å². The van der Waals surface area contributed by atoms with E-state index in [1.807, 2.05) is 6.92 Å². The molecule has 19 nitrogen and oxygen atoms in total. The summed E-state index contributed by atoms with van der Waals surface area (Å²) in [5.74, 6) is -4.25. The number of urea groups is 1. The van der Waals surface area contributed by atoms with E-state index in [0.29, 0.717) is 52.4 Å². The molecule has 2 aromatic heterocycles. The van der Waals surface area contributed by atoms with E-state index in [-0.39, 0.29) is 125 Å². The number of carbonyl (C=O) groups excluding carboxylic acids is 7. The molecule has 0 spiro atoms. The fourth-order valence-corrected chi connectivity index (χ4v) is 9.12. The van der Waals surface area contributed by atoms with Crippen LogP contribution in [0.25, 0.3) is 0 Å². The molecule has 0 aliphatic carbocycles. The SMILES string of the molecule is CN(C(=O)CCc1cccc(F)c1Cl)[C@@H](CCCN1C(=O)c2ccccc2C1=O)COC(=O)Nc1ccc(C(F)(F)F)cn1.CN(C(=O)NCc1cccc(F)c1Cl)[C@H](CO)CCCN1C(=O)c2ccccc2C1=O.Cc1ccc(C(=O)O)nc1.S.S. The number of ether oxygens (including phenoxy) is 1. The number of anilines is 1. The molecule has 2 atom stereocenters. The van der Waals surface area contributed by atoms with Gasteiger partial charge in [0, 0.05) is 52.5 Å². The van der Waals surface area contributed by atoms with Gasteiger partial charge in [-0.1, -0.05) is 77.8 Å². The maximum absolute atomic E-state index is 13.8. The Morgan fingerprint density at radius 1 is 0.667 bits per heavy atom. The van der Waals surface area contributed by atoms with Crippen LogP contribution in [0, 0.1) is 18.6 Å². The Balaban J connectivity index is 0.000000326. The van der Waals surface area contributed by atoms with Crippen molar-refractivity contribution in [2.75, 3.05) is 45.7 Å². The average molecular weight is 1290 g/mol. The normalized spacial score (nSPS) is 12.8. The lowest BCUT2D eigenvalue weighted by molar-refractivity contribution is -0.138. The summed E-state index contributed by atoms with van der Waals surface area (Å²) in [6, 6.07) is 24.9. The molecule has 87 heavy (non-hydrogen) atoms. The molecule has 4 heterocycles. The molecule has 2 aliphatic rings. The van der Waals surface area contributed by atoms with Crippen LogP contribution in [-0.2, 0) is 28.7 Å². The molecule has 0 radical (unpaired) electrons. The zero-order valence-corrected chi connectivity index (χ0v) is 50.4. The Morgan fingerprint density at radius 3 is 1.63 bits per heavy atom. The molecule has 6 aromatic rings. The first-order valence-corrected chi connectivity index (χ1v) is 26.9. The number of aryl methyl sites for hydroxylation is 2. The number of aliphatic hydroxyl groups is 1. The quantitative estimate of drug-likeness (QED) is 0.0411. The molecular formula is C59H61Cl2F5N8O11S2. The van der Waals surface area contributed by atoms with E-state index in [9.17, 15) is 65.4 Å². The van der Waals surface area contributed by atoms with Gasteiger partial charge in [0.1, 0.15) is 29.8 Å². The van der Waals surface area contributed by atoms with Gasteiger partial charge in [-0.05, 0) is 110 Å². The topological polar surface area (TPSA) is 249 Å². The summed E-state index contributed by atoms with van der Waals surface area (Å²) in [6.45, 7) is 1.53. The number of nitrogens with zero attached hydrogens (tertiary/aromatic N) is 6. The fourth-order valence-electron chi connectivity index (χ4n) is 8.70. The maximum atomic E-state index is 13.8. The molecule has 0 saturated carbocycles. The number of aromatic carboxylic acids is 1. The number of carbonyl (C=O) groups is 8. The summed E-state index contributed by atoms with van der Waals surface area (Å²) < 4.78 is 71.0. The Hall–Kier alpha value is -8.17. The van der Waals surface area contributed by atoms with Crippen LogP contribution in [-0.4, -0.2) is 140 Å². The van der Waals surface area contributed by atoms with E-state index in [2.05, 4.69) is 20.6 Å². The minimum atomic E-state index is -4.59. The summed E-state index contributed by atoms with van der Waals surface area (Å²) in [7, 11) is 3.02. The molecule has 464 valence electrons. The van der Waals surface area contributed by atoms with Crippen molar-refractivity contribution in [3.8, 4) is 0 Å². The lowest BCUT2D eigenvalue weighted by atomic mass is 10.1. The maximum Gasteiger partial charge on any atom is 0.417 e. The van der Waals surface area contributed by atoms with E-state index in [4.69, 9.17) is 33.0 Å². The van der Waals surface area contributed by atoms with Crippen molar-refractivity contribution < 1.29 is 75.3 Å². The third kappa shape index (κ3) is 19.2. The number of hydrogen-bond donors (Lipinski definition) is 4. The van der Waals surface area contributed by atoms with Crippen molar-refractivity contribution in [2.24, 2.45) is 0 Å². The van der Waals surface area contributed by atoms with Gasteiger partial charge in [-0.25, -0.2) is 33.1 Å². The summed E-state index contributed by atoms with van der Waals surface area (Å²) >= 11 is 11.9. The van der Waals surface area contributed by atoms with Gasteiger partial charge in [0.05, 0.1) is 56.6 Å². The van der Waals surface area contributed by atoms with Crippen LogP contribution in [0.5, 0.6) is 0 Å². The summed E-state index contributed by atoms with van der Waals surface area (Å²) in [5, 5.41) is 22.9.